The van der Waals surface area contributed by atoms with Crippen LogP contribution in [0.15, 0.2) is 0 Å². The lowest BCUT2D eigenvalue weighted by atomic mass is 10.2. The van der Waals surface area contributed by atoms with Crippen molar-refractivity contribution < 1.29 is 18.8 Å². The Morgan fingerprint density at radius 3 is 2.88 bits per heavy atom. The van der Waals surface area contributed by atoms with E-state index in [0.29, 0.717) is 18.7 Å². The Morgan fingerprint density at radius 2 is 2.31 bits per heavy atom. The van der Waals surface area contributed by atoms with Gasteiger partial charge in [-0.3, -0.25) is 4.21 Å². The van der Waals surface area contributed by atoms with Crippen LogP contribution in [0.25, 0.3) is 0 Å². The molecule has 0 spiro atoms. The number of carbonyl (C=O) groups is 1. The maximum Gasteiger partial charge on any atom is 0.332 e. The highest BCUT2D eigenvalue weighted by atomic mass is 32.2. The van der Waals surface area contributed by atoms with E-state index >= 15 is 0 Å². The summed E-state index contributed by atoms with van der Waals surface area (Å²) in [5.74, 6) is -0.167. The van der Waals surface area contributed by atoms with Crippen LogP contribution in [0.2, 0.25) is 0 Å². The third-order valence-electron chi connectivity index (χ3n) is 2.54. The molecule has 3 atom stereocenters. The second kappa shape index (κ2) is 6.98. The highest BCUT2D eigenvalue weighted by molar-refractivity contribution is 7.84. The minimum absolute atomic E-state index is 0.00761. The van der Waals surface area contributed by atoms with Gasteiger partial charge < -0.3 is 15.2 Å². The quantitative estimate of drug-likeness (QED) is 0.620. The van der Waals surface area contributed by atoms with E-state index in [9.17, 15) is 9.00 Å². The Morgan fingerprint density at radius 1 is 1.56 bits per heavy atom. The summed E-state index contributed by atoms with van der Waals surface area (Å²) in [4.78, 5) is 10.6. The summed E-state index contributed by atoms with van der Waals surface area (Å²) in [6, 6.07) is 0. The number of carboxylic acid groups (broad SMARTS) is 1. The molecule has 2 N–H and O–H groups in total. The number of carboxylic acids is 1. The predicted octanol–water partition coefficient (Wildman–Crippen LogP) is -0.0232. The number of hydrogen-bond acceptors (Lipinski definition) is 4. The van der Waals surface area contributed by atoms with Gasteiger partial charge in [-0.15, -0.1) is 0 Å². The van der Waals surface area contributed by atoms with Gasteiger partial charge in [0.2, 0.25) is 0 Å². The number of ether oxygens (including phenoxy) is 1. The molecule has 0 aliphatic carbocycles. The fraction of sp³-hybridized carbons (Fsp3) is 0.900. The van der Waals surface area contributed by atoms with Gasteiger partial charge in [-0.05, 0) is 25.8 Å². The minimum atomic E-state index is -0.871. The van der Waals surface area contributed by atoms with Crippen LogP contribution in [-0.2, 0) is 20.3 Å². The SMILES string of the molecule is CS(=O)CCCNCC1CCC(C(=O)O)O1. The fourth-order valence-corrected chi connectivity index (χ4v) is 2.25. The molecule has 94 valence electrons. The van der Waals surface area contributed by atoms with Crippen LogP contribution in [0, 0.1) is 0 Å². The average Bonchev–Trinajstić information content (AvgIpc) is 2.65. The molecule has 1 aliphatic rings. The lowest BCUT2D eigenvalue weighted by Gasteiger charge is -2.11. The molecular formula is C10H19NO4S. The van der Waals surface area contributed by atoms with E-state index in [1.54, 1.807) is 6.26 Å². The average molecular weight is 249 g/mol. The molecule has 0 aromatic rings. The highest BCUT2D eigenvalue weighted by Gasteiger charge is 2.29. The topological polar surface area (TPSA) is 75.6 Å². The van der Waals surface area contributed by atoms with Gasteiger partial charge in [-0.2, -0.15) is 0 Å². The van der Waals surface area contributed by atoms with Crippen molar-refractivity contribution in [3.63, 3.8) is 0 Å². The van der Waals surface area contributed by atoms with Crippen molar-refractivity contribution >= 4 is 16.8 Å². The second-order valence-electron chi connectivity index (χ2n) is 4.00. The van der Waals surface area contributed by atoms with Crippen molar-refractivity contribution in [2.75, 3.05) is 25.1 Å². The summed E-state index contributed by atoms with van der Waals surface area (Å²) in [5, 5.41) is 11.9. The molecule has 5 nitrogen and oxygen atoms in total. The Balaban J connectivity index is 2.02. The van der Waals surface area contributed by atoms with Gasteiger partial charge in [-0.25, -0.2) is 4.79 Å². The molecule has 3 unspecified atom stereocenters. The third-order valence-corrected chi connectivity index (χ3v) is 3.40. The summed E-state index contributed by atoms with van der Waals surface area (Å²) in [5.41, 5.74) is 0. The zero-order chi connectivity index (χ0) is 12.0. The van der Waals surface area contributed by atoms with E-state index in [0.717, 1.165) is 19.4 Å². The van der Waals surface area contributed by atoms with Gasteiger partial charge in [0, 0.05) is 29.4 Å². The number of nitrogens with one attached hydrogen (secondary N) is 1. The van der Waals surface area contributed by atoms with Crippen molar-refractivity contribution in [2.45, 2.75) is 31.5 Å². The Hall–Kier alpha value is -0.460. The number of hydrogen-bond donors (Lipinski definition) is 2. The molecule has 1 saturated heterocycles. The zero-order valence-electron chi connectivity index (χ0n) is 9.48. The molecule has 1 rings (SSSR count). The van der Waals surface area contributed by atoms with Gasteiger partial charge in [-0.1, -0.05) is 0 Å². The molecule has 0 aromatic carbocycles. The summed E-state index contributed by atoms with van der Waals surface area (Å²) in [6.07, 6.45) is 3.34. The standard InChI is InChI=1S/C10H19NO4S/c1-16(14)6-2-5-11-7-8-3-4-9(15-8)10(12)13/h8-9,11H,2-7H2,1H3,(H,12,13). The van der Waals surface area contributed by atoms with E-state index in [4.69, 9.17) is 9.84 Å². The first-order chi connectivity index (χ1) is 7.59. The summed E-state index contributed by atoms with van der Waals surface area (Å²) >= 11 is 0. The first-order valence-corrected chi connectivity index (χ1v) is 7.21. The maximum atomic E-state index is 10.8. The summed E-state index contributed by atoms with van der Waals surface area (Å²) in [6.45, 7) is 1.48. The second-order valence-corrected chi connectivity index (χ2v) is 5.55. The van der Waals surface area contributed by atoms with Crippen molar-refractivity contribution in [1.82, 2.24) is 5.32 Å². The Kier molecular flexibility index (Phi) is 5.94. The van der Waals surface area contributed by atoms with Crippen molar-refractivity contribution in [2.24, 2.45) is 0 Å². The molecule has 1 fully saturated rings. The van der Waals surface area contributed by atoms with Gasteiger partial charge in [0.1, 0.15) is 0 Å². The lowest BCUT2D eigenvalue weighted by Crippen LogP contribution is -2.29. The van der Waals surface area contributed by atoms with Crippen molar-refractivity contribution in [1.29, 1.82) is 0 Å². The smallest absolute Gasteiger partial charge is 0.332 e. The van der Waals surface area contributed by atoms with Crippen LogP contribution in [0.4, 0.5) is 0 Å². The van der Waals surface area contributed by atoms with E-state index in [1.807, 2.05) is 0 Å². The van der Waals surface area contributed by atoms with Crippen molar-refractivity contribution in [3.05, 3.63) is 0 Å². The van der Waals surface area contributed by atoms with E-state index in [2.05, 4.69) is 5.32 Å². The maximum absolute atomic E-state index is 10.8. The molecule has 0 aromatic heterocycles. The zero-order valence-corrected chi connectivity index (χ0v) is 10.3. The van der Waals surface area contributed by atoms with Gasteiger partial charge >= 0.3 is 5.97 Å². The van der Waals surface area contributed by atoms with E-state index in [1.165, 1.54) is 0 Å². The highest BCUT2D eigenvalue weighted by Crippen LogP contribution is 2.18. The van der Waals surface area contributed by atoms with Crippen molar-refractivity contribution in [3.8, 4) is 0 Å². The first kappa shape index (κ1) is 13.6. The fourth-order valence-electron chi connectivity index (χ4n) is 1.70. The molecule has 0 saturated carbocycles. The number of rotatable bonds is 7. The molecule has 0 radical (unpaired) electrons. The summed E-state index contributed by atoms with van der Waals surface area (Å²) in [7, 11) is -0.732. The van der Waals surface area contributed by atoms with E-state index in [-0.39, 0.29) is 6.10 Å². The molecular weight excluding hydrogens is 230 g/mol. The molecule has 1 aliphatic heterocycles. The summed E-state index contributed by atoms with van der Waals surface area (Å²) < 4.78 is 16.1. The monoisotopic (exact) mass is 249 g/mol. The lowest BCUT2D eigenvalue weighted by molar-refractivity contribution is -0.149. The molecule has 0 amide bonds. The van der Waals surface area contributed by atoms with Crippen LogP contribution in [0.5, 0.6) is 0 Å². The normalized spacial score (nSPS) is 26.8. The third kappa shape index (κ3) is 5.05. The molecule has 1 heterocycles. The van der Waals surface area contributed by atoms with Gasteiger partial charge in [0.15, 0.2) is 6.10 Å². The molecule has 6 heteroatoms. The van der Waals surface area contributed by atoms with Gasteiger partial charge in [0.25, 0.3) is 0 Å². The van der Waals surface area contributed by atoms with Crippen LogP contribution >= 0.6 is 0 Å². The Bertz CT molecular complexity index is 259. The van der Waals surface area contributed by atoms with Gasteiger partial charge in [0.05, 0.1) is 6.10 Å². The largest absolute Gasteiger partial charge is 0.479 e. The van der Waals surface area contributed by atoms with E-state index < -0.39 is 22.9 Å². The Labute approximate surface area is 98.0 Å². The van der Waals surface area contributed by atoms with Crippen LogP contribution in [0.1, 0.15) is 19.3 Å². The minimum Gasteiger partial charge on any atom is -0.479 e. The molecule has 0 bridgehead atoms. The van der Waals surface area contributed by atoms with Crippen LogP contribution in [-0.4, -0.2) is 52.6 Å². The number of aliphatic carboxylic acids is 1. The van der Waals surface area contributed by atoms with Crippen LogP contribution < -0.4 is 5.32 Å². The first-order valence-electron chi connectivity index (χ1n) is 5.48. The molecule has 16 heavy (non-hydrogen) atoms. The van der Waals surface area contributed by atoms with Crippen LogP contribution in [0.3, 0.4) is 0 Å². The predicted molar refractivity (Wildman–Crippen MR) is 62.0 cm³/mol.